The maximum Gasteiger partial charge on any atom is 0.327 e. The molecule has 3 aliphatic rings. The minimum atomic E-state index is -1.26. The third-order valence-corrected chi connectivity index (χ3v) is 9.95. The normalized spacial score (nSPS) is 20.9. The molecule has 20 heteroatoms. The molecule has 3 aliphatic heterocycles. The molecule has 3 saturated heterocycles. The van der Waals surface area contributed by atoms with Gasteiger partial charge in [0, 0.05) is 50.1 Å². The molecule has 0 aromatic heterocycles. The Morgan fingerprint density at radius 1 is 0.860 bits per heavy atom. The summed E-state index contributed by atoms with van der Waals surface area (Å²) < 4.78 is 4.47. The highest BCUT2D eigenvalue weighted by atomic mass is 32.2. The minimum Gasteiger partial charge on any atom is -0.480 e. The van der Waals surface area contributed by atoms with Gasteiger partial charge in [-0.2, -0.15) is 11.8 Å². The van der Waals surface area contributed by atoms with Gasteiger partial charge in [0.2, 0.25) is 11.8 Å². The number of hydrogen-bond acceptors (Lipinski definition) is 13. The fourth-order valence-corrected chi connectivity index (χ4v) is 7.51. The van der Waals surface area contributed by atoms with Crippen LogP contribution in [0.5, 0.6) is 0 Å². The van der Waals surface area contributed by atoms with E-state index in [0.717, 1.165) is 18.6 Å². The van der Waals surface area contributed by atoms with Gasteiger partial charge >= 0.3 is 35.9 Å². The van der Waals surface area contributed by atoms with Gasteiger partial charge < -0.3 is 41.3 Å². The number of ether oxygens (including phenoxy) is 1. The molecule has 0 bridgehead atoms. The molecule has 7 N–H and O–H groups in total. The van der Waals surface area contributed by atoms with E-state index in [2.05, 4.69) is 26.0 Å². The zero-order valence-electron chi connectivity index (χ0n) is 27.8. The third kappa shape index (κ3) is 14.9. The number of nitrogens with zero attached hydrogens (tertiary/aromatic N) is 3. The number of fused-ring (bicyclic) bond motifs is 1. The van der Waals surface area contributed by atoms with Crippen LogP contribution in [0.15, 0.2) is 0 Å². The number of esters is 2. The van der Waals surface area contributed by atoms with Gasteiger partial charge in [0.05, 0.1) is 44.8 Å². The van der Waals surface area contributed by atoms with Crippen LogP contribution >= 0.6 is 11.8 Å². The number of thioether (sulfide) groups is 1. The lowest BCUT2D eigenvalue weighted by atomic mass is 10.0. The van der Waals surface area contributed by atoms with Crippen molar-refractivity contribution in [3.8, 4) is 0 Å². The number of morpholine rings is 1. The first-order valence-corrected chi connectivity index (χ1v) is 17.7. The van der Waals surface area contributed by atoms with Crippen molar-refractivity contribution in [3.05, 3.63) is 0 Å². The number of urea groups is 1. The predicted octanol–water partition coefficient (Wildman–Crippen LogP) is -2.27. The number of amides is 4. The summed E-state index contributed by atoms with van der Waals surface area (Å²) in [6.45, 7) is -1.08. The van der Waals surface area contributed by atoms with Crippen LogP contribution in [-0.2, 0) is 38.3 Å². The van der Waals surface area contributed by atoms with Crippen molar-refractivity contribution in [1.82, 2.24) is 36.0 Å². The number of carboxylic acid groups (broad SMARTS) is 3. The summed E-state index contributed by atoms with van der Waals surface area (Å²) in [7, 11) is 0. The number of aliphatic carboxylic acids is 3. The molecule has 0 aromatic carbocycles. The lowest BCUT2D eigenvalue weighted by Crippen LogP contribution is -2.49. The second kappa shape index (κ2) is 20.6. The quantitative estimate of drug-likeness (QED) is 0.0239. The molecule has 0 aromatic rings. The Morgan fingerprint density at radius 3 is 2.22 bits per heavy atom. The monoisotopic (exact) mass is 729 g/mol. The Balaban J connectivity index is 1.33. The van der Waals surface area contributed by atoms with Crippen molar-refractivity contribution in [2.75, 3.05) is 71.2 Å². The number of carbonyl (C=O) groups is 8. The molecular weight excluding hydrogens is 682 g/mol. The number of hydrogen-bond donors (Lipinski definition) is 7. The summed E-state index contributed by atoms with van der Waals surface area (Å²) >= 11 is 1.83. The highest BCUT2D eigenvalue weighted by Gasteiger charge is 2.42. The van der Waals surface area contributed by atoms with Crippen LogP contribution in [0.2, 0.25) is 0 Å². The maximum absolute atomic E-state index is 12.7. The molecule has 3 fully saturated rings. The van der Waals surface area contributed by atoms with E-state index in [-0.39, 0.29) is 69.7 Å². The minimum absolute atomic E-state index is 0.0327. The van der Waals surface area contributed by atoms with Gasteiger partial charge in [-0.25, -0.2) is 9.59 Å². The van der Waals surface area contributed by atoms with Crippen LogP contribution in [-0.4, -0.2) is 172 Å². The van der Waals surface area contributed by atoms with E-state index < -0.39 is 61.4 Å². The smallest absolute Gasteiger partial charge is 0.327 e. The van der Waals surface area contributed by atoms with Gasteiger partial charge in [0.15, 0.2) is 0 Å². The third-order valence-electron chi connectivity index (χ3n) is 8.44. The second-order valence-electron chi connectivity index (χ2n) is 12.5. The van der Waals surface area contributed by atoms with Crippen molar-refractivity contribution in [2.24, 2.45) is 0 Å². The fraction of sp³-hybridized carbons (Fsp3) is 0.733. The lowest BCUT2D eigenvalue weighted by Gasteiger charge is -2.29. The van der Waals surface area contributed by atoms with Gasteiger partial charge in [0.1, 0.15) is 6.04 Å². The van der Waals surface area contributed by atoms with Crippen molar-refractivity contribution in [1.29, 1.82) is 0 Å². The van der Waals surface area contributed by atoms with Gasteiger partial charge in [-0.3, -0.25) is 43.5 Å². The molecule has 0 aliphatic carbocycles. The standard InChI is InChI=1S/C30H47N7O12S/c38-22(7-2-1-6-21-28-20(18-50-21)33-30(48)34-28)31-8-4-3-5-19(29(46)47)32-23(39)13-36(15-25(42)43)11-9-35(14-24(40)41)10-12-37-16-26(44)49-27(45)17-37/h19-21,28H,1-18H2,(H,31,38)(H,32,39)(H,40,41)(H,42,43)(H,46,47)(H2,33,34,48). The summed E-state index contributed by atoms with van der Waals surface area (Å²) in [4.78, 5) is 98.4. The van der Waals surface area contributed by atoms with E-state index in [1.54, 1.807) is 0 Å². The number of nitrogens with one attached hydrogen (secondary N) is 4. The number of rotatable bonds is 24. The molecule has 4 amide bonds. The molecule has 3 heterocycles. The highest BCUT2D eigenvalue weighted by molar-refractivity contribution is 8.00. The van der Waals surface area contributed by atoms with Crippen LogP contribution in [0.3, 0.4) is 0 Å². The van der Waals surface area contributed by atoms with E-state index in [9.17, 15) is 53.7 Å². The van der Waals surface area contributed by atoms with Crippen LogP contribution in [0.1, 0.15) is 44.9 Å². The molecule has 0 spiro atoms. The highest BCUT2D eigenvalue weighted by Crippen LogP contribution is 2.33. The summed E-state index contributed by atoms with van der Waals surface area (Å²) in [5, 5.41) is 39.7. The van der Waals surface area contributed by atoms with Gasteiger partial charge in [-0.15, -0.1) is 0 Å². The second-order valence-corrected chi connectivity index (χ2v) is 13.8. The number of cyclic esters (lactones) is 2. The lowest BCUT2D eigenvalue weighted by molar-refractivity contribution is -0.167. The van der Waals surface area contributed by atoms with E-state index in [1.165, 1.54) is 14.7 Å². The van der Waals surface area contributed by atoms with Crippen molar-refractivity contribution >= 4 is 59.5 Å². The topological polar surface area (TPSA) is 264 Å². The average Bonchev–Trinajstić information content (AvgIpc) is 3.57. The molecule has 280 valence electrons. The SMILES string of the molecule is O=C(O)CN(CCN(CC(=O)O)CC(=O)NC(CCCCNC(=O)CCCCC1SCC2NC(=O)NC21)C(=O)O)CCN1CC(=O)OC(=O)C1. The average molecular weight is 730 g/mol. The number of unbranched alkanes of at least 4 members (excludes halogenated alkanes) is 2. The maximum atomic E-state index is 12.7. The van der Waals surface area contributed by atoms with Crippen LogP contribution in [0.25, 0.3) is 0 Å². The molecule has 3 rings (SSSR count). The van der Waals surface area contributed by atoms with E-state index in [4.69, 9.17) is 0 Å². The van der Waals surface area contributed by atoms with Crippen molar-refractivity contribution in [3.63, 3.8) is 0 Å². The van der Waals surface area contributed by atoms with Crippen LogP contribution in [0, 0.1) is 0 Å². The molecule has 19 nitrogen and oxygen atoms in total. The molecule has 4 atom stereocenters. The number of carboxylic acids is 3. The van der Waals surface area contributed by atoms with Crippen LogP contribution in [0.4, 0.5) is 4.79 Å². The molecule has 50 heavy (non-hydrogen) atoms. The van der Waals surface area contributed by atoms with E-state index >= 15 is 0 Å². The van der Waals surface area contributed by atoms with E-state index in [1.807, 2.05) is 11.8 Å². The summed E-state index contributed by atoms with van der Waals surface area (Å²) in [5.41, 5.74) is 0. The van der Waals surface area contributed by atoms with Gasteiger partial charge in [0.25, 0.3) is 0 Å². The Kier molecular flexibility index (Phi) is 16.7. The Bertz CT molecular complexity index is 1240. The Morgan fingerprint density at radius 2 is 1.54 bits per heavy atom. The summed E-state index contributed by atoms with van der Waals surface area (Å²) in [6.07, 6.45) is 3.80. The summed E-state index contributed by atoms with van der Waals surface area (Å²) in [5.74, 6) is -5.04. The summed E-state index contributed by atoms with van der Waals surface area (Å²) in [6, 6.07) is -1.06. The first kappa shape index (κ1) is 40.4. The largest absolute Gasteiger partial charge is 0.480 e. The van der Waals surface area contributed by atoms with Crippen molar-refractivity contribution in [2.45, 2.75) is 68.3 Å². The molecule has 0 saturated carbocycles. The first-order valence-electron chi connectivity index (χ1n) is 16.6. The first-order chi connectivity index (χ1) is 23.8. The van der Waals surface area contributed by atoms with Gasteiger partial charge in [-0.05, 0) is 32.1 Å². The van der Waals surface area contributed by atoms with E-state index in [0.29, 0.717) is 37.5 Å². The number of carbonyl (C=O) groups excluding carboxylic acids is 5. The Hall–Kier alpha value is -4.01. The molecule has 4 unspecified atom stereocenters. The van der Waals surface area contributed by atoms with Crippen LogP contribution < -0.4 is 21.3 Å². The fourth-order valence-electron chi connectivity index (χ4n) is 5.97. The van der Waals surface area contributed by atoms with Crippen molar-refractivity contribution < 1.29 is 58.4 Å². The zero-order valence-corrected chi connectivity index (χ0v) is 28.6. The van der Waals surface area contributed by atoms with Gasteiger partial charge in [-0.1, -0.05) is 6.42 Å². The Labute approximate surface area is 293 Å². The predicted molar refractivity (Wildman–Crippen MR) is 176 cm³/mol. The molecular formula is C30H47N7O12S. The zero-order chi connectivity index (χ0) is 36.6. The molecule has 0 radical (unpaired) electrons.